The molecule has 0 bridgehead atoms. The van der Waals surface area contributed by atoms with Crippen LogP contribution in [0.15, 0.2) is 41.8 Å². The molecule has 0 saturated carbocycles. The van der Waals surface area contributed by atoms with Crippen molar-refractivity contribution in [2.24, 2.45) is 0 Å². The number of carbonyl (C=O) groups excluding carboxylic acids is 1. The number of fused-ring (bicyclic) bond motifs is 3. The molecule has 0 atom stereocenters. The smallest absolute Gasteiger partial charge is 0.220 e. The highest BCUT2D eigenvalue weighted by atomic mass is 32.1. The molecule has 0 unspecified atom stereocenters. The van der Waals surface area contributed by atoms with Gasteiger partial charge in [0.05, 0.1) is 12.1 Å². The maximum atomic E-state index is 12.1. The van der Waals surface area contributed by atoms with Crippen LogP contribution < -0.4 is 0 Å². The molecule has 0 fully saturated rings. The van der Waals surface area contributed by atoms with E-state index in [9.17, 15) is 4.79 Å². The molecule has 0 spiro atoms. The fourth-order valence-electron chi connectivity index (χ4n) is 2.98. The highest BCUT2D eigenvalue weighted by Crippen LogP contribution is 2.22. The summed E-state index contributed by atoms with van der Waals surface area (Å²) in [4.78, 5) is 15.1. The van der Waals surface area contributed by atoms with Gasteiger partial charge in [-0.1, -0.05) is 17.7 Å². The second-order valence-corrected chi connectivity index (χ2v) is 7.13. The van der Waals surface area contributed by atoms with Gasteiger partial charge in [-0.05, 0) is 47.0 Å². The quantitative estimate of drug-likeness (QED) is 0.566. The lowest BCUT2D eigenvalue weighted by molar-refractivity contribution is -0.130. The Bertz CT molecular complexity index is 1050. The van der Waals surface area contributed by atoms with E-state index in [4.69, 9.17) is 0 Å². The first-order chi connectivity index (χ1) is 12.1. The van der Waals surface area contributed by atoms with E-state index in [-0.39, 0.29) is 5.91 Å². The van der Waals surface area contributed by atoms with E-state index in [0.29, 0.717) is 18.7 Å². The highest BCUT2D eigenvalue weighted by Gasteiger charge is 2.16. The topological polar surface area (TPSA) is 63.4 Å². The van der Waals surface area contributed by atoms with Gasteiger partial charge in [0.1, 0.15) is 0 Å². The zero-order valence-electron chi connectivity index (χ0n) is 14.0. The van der Waals surface area contributed by atoms with Gasteiger partial charge in [-0.15, -0.1) is 16.4 Å². The summed E-state index contributed by atoms with van der Waals surface area (Å²) in [6.45, 7) is 4.72. The molecule has 0 saturated heterocycles. The maximum Gasteiger partial charge on any atom is 0.220 e. The van der Waals surface area contributed by atoms with Crippen molar-refractivity contribution in [3.05, 3.63) is 57.8 Å². The average molecular weight is 351 g/mol. The number of aromatic nitrogens is 4. The number of carbonyl (C=O) groups is 1. The van der Waals surface area contributed by atoms with Gasteiger partial charge in [-0.3, -0.25) is 4.79 Å². The van der Waals surface area contributed by atoms with E-state index >= 15 is 0 Å². The van der Waals surface area contributed by atoms with Gasteiger partial charge in [0.15, 0.2) is 5.65 Å². The minimum absolute atomic E-state index is 0.0309. The Balaban J connectivity index is 1.78. The summed E-state index contributed by atoms with van der Waals surface area (Å²) < 4.78 is 1.74. The molecule has 126 valence electrons. The Kier molecular flexibility index (Phi) is 3.93. The molecule has 4 rings (SSSR count). The van der Waals surface area contributed by atoms with E-state index in [2.05, 4.69) is 34.6 Å². The number of aryl methyl sites for hydroxylation is 1. The van der Waals surface area contributed by atoms with Gasteiger partial charge in [-0.25, -0.2) is 0 Å². The van der Waals surface area contributed by atoms with Gasteiger partial charge < -0.3 is 4.90 Å². The summed E-state index contributed by atoms with van der Waals surface area (Å²) in [7, 11) is 0. The molecule has 0 radical (unpaired) electrons. The number of nitrogens with zero attached hydrogens (tertiary/aromatic N) is 5. The summed E-state index contributed by atoms with van der Waals surface area (Å²) in [5.41, 5.74) is 3.76. The highest BCUT2D eigenvalue weighted by molar-refractivity contribution is 7.09. The van der Waals surface area contributed by atoms with Crippen molar-refractivity contribution in [3.8, 4) is 0 Å². The number of pyridine rings is 1. The first kappa shape index (κ1) is 15.7. The Labute approximate surface area is 148 Å². The molecule has 0 N–H and O–H groups in total. The van der Waals surface area contributed by atoms with E-state index in [0.717, 1.165) is 21.3 Å². The summed E-state index contributed by atoms with van der Waals surface area (Å²) in [6.07, 6.45) is 0. The molecule has 0 aliphatic rings. The fourth-order valence-corrected chi connectivity index (χ4v) is 3.69. The number of tetrazole rings is 1. The van der Waals surface area contributed by atoms with Crippen molar-refractivity contribution in [2.75, 3.05) is 0 Å². The molecule has 1 aromatic carbocycles. The van der Waals surface area contributed by atoms with Crippen LogP contribution in [-0.2, 0) is 17.9 Å². The van der Waals surface area contributed by atoms with Crippen LogP contribution in [0.2, 0.25) is 0 Å². The summed E-state index contributed by atoms with van der Waals surface area (Å²) in [5.74, 6) is 0.0309. The van der Waals surface area contributed by atoms with Crippen LogP contribution in [0.1, 0.15) is 22.9 Å². The van der Waals surface area contributed by atoms with Crippen molar-refractivity contribution in [2.45, 2.75) is 26.9 Å². The number of rotatable bonds is 4. The number of benzene rings is 1. The third-order valence-corrected chi connectivity index (χ3v) is 5.09. The lowest BCUT2D eigenvalue weighted by Crippen LogP contribution is -2.27. The Morgan fingerprint density at radius 1 is 1.24 bits per heavy atom. The van der Waals surface area contributed by atoms with Gasteiger partial charge in [0.25, 0.3) is 0 Å². The van der Waals surface area contributed by atoms with Gasteiger partial charge >= 0.3 is 0 Å². The van der Waals surface area contributed by atoms with E-state index in [1.807, 2.05) is 34.5 Å². The molecule has 1 amide bonds. The zero-order valence-corrected chi connectivity index (χ0v) is 14.8. The van der Waals surface area contributed by atoms with Crippen molar-refractivity contribution in [1.82, 2.24) is 24.9 Å². The van der Waals surface area contributed by atoms with E-state index < -0.39 is 0 Å². The predicted molar refractivity (Wildman–Crippen MR) is 97.3 cm³/mol. The van der Waals surface area contributed by atoms with Gasteiger partial charge in [-0.2, -0.15) is 4.52 Å². The lowest BCUT2D eigenvalue weighted by atomic mass is 10.1. The number of hydrogen-bond donors (Lipinski definition) is 0. The molecule has 6 nitrogen and oxygen atoms in total. The SMILES string of the molecule is CC(=O)N(Cc1cccs1)Cc1cc2cc(C)ccc2n2nnnc12. The average Bonchev–Trinajstić information content (AvgIpc) is 3.25. The molecular weight excluding hydrogens is 334 g/mol. The Hall–Kier alpha value is -2.80. The van der Waals surface area contributed by atoms with Gasteiger partial charge in [0, 0.05) is 29.3 Å². The lowest BCUT2D eigenvalue weighted by Gasteiger charge is -2.21. The monoisotopic (exact) mass is 351 g/mol. The third kappa shape index (κ3) is 2.98. The second-order valence-electron chi connectivity index (χ2n) is 6.10. The first-order valence-corrected chi connectivity index (χ1v) is 8.88. The number of amides is 1. The van der Waals surface area contributed by atoms with E-state index in [1.165, 1.54) is 5.56 Å². The van der Waals surface area contributed by atoms with Crippen LogP contribution in [0.4, 0.5) is 0 Å². The predicted octanol–water partition coefficient (Wildman–Crippen LogP) is 3.20. The molecule has 0 aliphatic carbocycles. The van der Waals surface area contributed by atoms with Crippen molar-refractivity contribution < 1.29 is 4.79 Å². The minimum atomic E-state index is 0.0309. The van der Waals surface area contributed by atoms with Crippen LogP contribution in [-0.4, -0.2) is 30.8 Å². The van der Waals surface area contributed by atoms with E-state index in [1.54, 1.807) is 22.8 Å². The summed E-state index contributed by atoms with van der Waals surface area (Å²) >= 11 is 1.65. The molecule has 3 aromatic heterocycles. The number of hydrogen-bond acceptors (Lipinski definition) is 5. The van der Waals surface area contributed by atoms with Crippen molar-refractivity contribution in [3.63, 3.8) is 0 Å². The first-order valence-electron chi connectivity index (χ1n) is 8.00. The molecular formula is C18H17N5OS. The molecule has 0 aliphatic heterocycles. The largest absolute Gasteiger partial charge is 0.333 e. The number of thiophene rings is 1. The molecule has 3 heterocycles. The normalized spacial score (nSPS) is 11.3. The molecule has 4 aromatic rings. The fraction of sp³-hybridized carbons (Fsp3) is 0.222. The summed E-state index contributed by atoms with van der Waals surface area (Å²) in [6, 6.07) is 12.3. The Morgan fingerprint density at radius 3 is 2.88 bits per heavy atom. The van der Waals surface area contributed by atoms with Crippen LogP contribution in [0.25, 0.3) is 16.6 Å². The summed E-state index contributed by atoms with van der Waals surface area (Å²) in [5, 5.41) is 15.2. The molecule has 7 heteroatoms. The standard InChI is InChI=1S/C18H17N5OS/c1-12-5-6-17-14(8-12)9-15(18-19-20-21-23(17)18)10-22(13(2)24)11-16-4-3-7-25-16/h3-9H,10-11H2,1-2H3. The van der Waals surface area contributed by atoms with Gasteiger partial charge in [0.2, 0.25) is 5.91 Å². The third-order valence-electron chi connectivity index (χ3n) is 4.23. The zero-order chi connectivity index (χ0) is 17.4. The molecule has 25 heavy (non-hydrogen) atoms. The van der Waals surface area contributed by atoms with Crippen LogP contribution >= 0.6 is 11.3 Å². The maximum absolute atomic E-state index is 12.1. The van der Waals surface area contributed by atoms with Crippen molar-refractivity contribution >= 4 is 33.8 Å². The minimum Gasteiger partial charge on any atom is -0.333 e. The second kappa shape index (κ2) is 6.25. The van der Waals surface area contributed by atoms with Crippen LogP contribution in [0.5, 0.6) is 0 Å². The van der Waals surface area contributed by atoms with Crippen molar-refractivity contribution in [1.29, 1.82) is 0 Å². The van der Waals surface area contributed by atoms with Crippen LogP contribution in [0, 0.1) is 6.92 Å². The Morgan fingerprint density at radius 2 is 2.12 bits per heavy atom. The van der Waals surface area contributed by atoms with Crippen LogP contribution in [0.3, 0.4) is 0 Å².